The molecule has 1 aliphatic heterocycles. The Morgan fingerprint density at radius 1 is 1.36 bits per heavy atom. The second-order valence-corrected chi connectivity index (χ2v) is 6.31. The Labute approximate surface area is 137 Å². The summed E-state index contributed by atoms with van der Waals surface area (Å²) in [5, 5.41) is 3.06. The molecule has 3 nitrogen and oxygen atoms in total. The highest BCUT2D eigenvalue weighted by molar-refractivity contribution is 5.96. The Hall–Kier alpha value is -1.13. The molecule has 0 saturated heterocycles. The molecule has 1 aliphatic carbocycles. The van der Waals surface area contributed by atoms with E-state index in [2.05, 4.69) is 5.32 Å². The molecule has 1 amide bonds. The van der Waals surface area contributed by atoms with Crippen molar-refractivity contribution in [1.29, 1.82) is 0 Å². The van der Waals surface area contributed by atoms with E-state index in [1.165, 1.54) is 6.07 Å². The summed E-state index contributed by atoms with van der Waals surface area (Å²) in [6.45, 7) is 1.50. The van der Waals surface area contributed by atoms with Gasteiger partial charge in [-0.1, -0.05) is 18.9 Å². The van der Waals surface area contributed by atoms with Crippen LogP contribution in [0.4, 0.5) is 10.1 Å². The number of carbonyl (C=O) groups excluding carboxylic acids is 1. The molecule has 1 N–H and O–H groups in total. The standard InChI is InChI=1S/C17H23FN2O.ClH/c1-19-11-5-8-15(21)20-12-17(9-2-3-10-17)16-13(18)6-4-7-14(16)20;/h4,6-7,19H,2-3,5,8-12H2,1H3;1H. The zero-order valence-corrected chi connectivity index (χ0v) is 13.8. The average molecular weight is 327 g/mol. The quantitative estimate of drug-likeness (QED) is 0.860. The molecule has 0 bridgehead atoms. The van der Waals surface area contributed by atoms with Crippen molar-refractivity contribution < 1.29 is 9.18 Å². The summed E-state index contributed by atoms with van der Waals surface area (Å²) in [4.78, 5) is 14.3. The average Bonchev–Trinajstić information content (AvgIpc) is 3.06. The number of carbonyl (C=O) groups is 1. The molecule has 5 heteroatoms. The molecule has 122 valence electrons. The maximum atomic E-state index is 14.4. The highest BCUT2D eigenvalue weighted by Gasteiger charge is 2.47. The van der Waals surface area contributed by atoms with Gasteiger partial charge in [0.15, 0.2) is 0 Å². The summed E-state index contributed by atoms with van der Waals surface area (Å²) in [5.74, 6) is -0.0131. The highest BCUT2D eigenvalue weighted by Crippen LogP contribution is 2.51. The van der Waals surface area contributed by atoms with Crippen LogP contribution < -0.4 is 10.2 Å². The fourth-order valence-electron chi connectivity index (χ4n) is 3.96. The van der Waals surface area contributed by atoms with Crippen LogP contribution >= 0.6 is 12.4 Å². The van der Waals surface area contributed by atoms with Crippen molar-refractivity contribution in [2.24, 2.45) is 0 Å². The monoisotopic (exact) mass is 326 g/mol. The molecular weight excluding hydrogens is 303 g/mol. The maximum absolute atomic E-state index is 14.4. The number of anilines is 1. The van der Waals surface area contributed by atoms with Gasteiger partial charge >= 0.3 is 0 Å². The number of nitrogens with one attached hydrogen (secondary N) is 1. The van der Waals surface area contributed by atoms with Gasteiger partial charge in [0.1, 0.15) is 5.82 Å². The molecule has 22 heavy (non-hydrogen) atoms. The lowest BCUT2D eigenvalue weighted by atomic mass is 9.80. The first-order valence-corrected chi connectivity index (χ1v) is 7.92. The Bertz CT molecular complexity index is 543. The van der Waals surface area contributed by atoms with Gasteiger partial charge in [-0.05, 0) is 45.0 Å². The predicted octanol–water partition coefficient (Wildman–Crippen LogP) is 3.41. The summed E-state index contributed by atoms with van der Waals surface area (Å²) in [5.41, 5.74) is 1.48. The van der Waals surface area contributed by atoms with Crippen LogP contribution in [0.2, 0.25) is 0 Å². The van der Waals surface area contributed by atoms with Gasteiger partial charge in [0.25, 0.3) is 0 Å². The van der Waals surface area contributed by atoms with E-state index >= 15 is 0 Å². The molecule has 3 rings (SSSR count). The van der Waals surface area contributed by atoms with Crippen LogP contribution in [0.3, 0.4) is 0 Å². The van der Waals surface area contributed by atoms with E-state index in [0.29, 0.717) is 13.0 Å². The van der Waals surface area contributed by atoms with Gasteiger partial charge in [-0.25, -0.2) is 4.39 Å². The van der Waals surface area contributed by atoms with Gasteiger partial charge in [-0.15, -0.1) is 12.4 Å². The van der Waals surface area contributed by atoms with Crippen molar-refractivity contribution in [3.63, 3.8) is 0 Å². The molecule has 0 radical (unpaired) electrons. The van der Waals surface area contributed by atoms with Crippen LogP contribution in [0.5, 0.6) is 0 Å². The first-order chi connectivity index (χ1) is 10.2. The molecule has 1 aromatic rings. The Balaban J connectivity index is 0.00000176. The second kappa shape index (κ2) is 6.97. The molecule has 1 aromatic carbocycles. The van der Waals surface area contributed by atoms with Crippen molar-refractivity contribution in [3.05, 3.63) is 29.6 Å². The minimum atomic E-state index is -0.139. The van der Waals surface area contributed by atoms with E-state index in [4.69, 9.17) is 0 Å². The molecule has 1 heterocycles. The molecule has 1 fully saturated rings. The fourth-order valence-corrected chi connectivity index (χ4v) is 3.96. The number of amides is 1. The second-order valence-electron chi connectivity index (χ2n) is 6.31. The van der Waals surface area contributed by atoms with Gasteiger partial charge in [-0.2, -0.15) is 0 Å². The van der Waals surface area contributed by atoms with E-state index < -0.39 is 0 Å². The van der Waals surface area contributed by atoms with Gasteiger partial charge in [-0.3, -0.25) is 4.79 Å². The van der Waals surface area contributed by atoms with Crippen LogP contribution in [0.1, 0.15) is 44.1 Å². The van der Waals surface area contributed by atoms with Gasteiger partial charge in [0.2, 0.25) is 5.91 Å². The topological polar surface area (TPSA) is 32.3 Å². The van der Waals surface area contributed by atoms with Crippen LogP contribution in [-0.4, -0.2) is 26.0 Å². The number of rotatable bonds is 4. The first-order valence-electron chi connectivity index (χ1n) is 7.92. The minimum Gasteiger partial charge on any atom is -0.320 e. The highest BCUT2D eigenvalue weighted by atomic mass is 35.5. The van der Waals surface area contributed by atoms with Crippen molar-refractivity contribution in [1.82, 2.24) is 5.32 Å². The van der Waals surface area contributed by atoms with E-state index in [1.54, 1.807) is 6.07 Å². The van der Waals surface area contributed by atoms with Gasteiger partial charge in [0, 0.05) is 23.9 Å². The van der Waals surface area contributed by atoms with Gasteiger partial charge in [0.05, 0.1) is 5.69 Å². The zero-order chi connectivity index (χ0) is 14.9. The van der Waals surface area contributed by atoms with Crippen LogP contribution in [0, 0.1) is 5.82 Å². The fraction of sp³-hybridized carbons (Fsp3) is 0.588. The van der Waals surface area contributed by atoms with E-state index in [0.717, 1.165) is 49.9 Å². The normalized spacial score (nSPS) is 18.4. The lowest BCUT2D eigenvalue weighted by Crippen LogP contribution is -2.35. The van der Waals surface area contributed by atoms with Crippen molar-refractivity contribution in [2.75, 3.05) is 25.0 Å². The van der Waals surface area contributed by atoms with Crippen molar-refractivity contribution >= 4 is 24.0 Å². The van der Waals surface area contributed by atoms with Crippen LogP contribution in [0.15, 0.2) is 18.2 Å². The lowest BCUT2D eigenvalue weighted by Gasteiger charge is -2.25. The number of hydrogen-bond acceptors (Lipinski definition) is 2. The molecular formula is C17H24ClFN2O. The Kier molecular flexibility index (Phi) is 5.45. The summed E-state index contributed by atoms with van der Waals surface area (Å²) in [6.07, 6.45) is 5.62. The number of halogens is 2. The first kappa shape index (κ1) is 17.2. The third-order valence-corrected chi connectivity index (χ3v) is 4.95. The summed E-state index contributed by atoms with van der Waals surface area (Å²) in [7, 11) is 1.89. The number of nitrogens with zero attached hydrogens (tertiary/aromatic N) is 1. The van der Waals surface area contributed by atoms with Crippen molar-refractivity contribution in [3.8, 4) is 0 Å². The largest absolute Gasteiger partial charge is 0.320 e. The molecule has 0 aromatic heterocycles. The Morgan fingerprint density at radius 3 is 2.77 bits per heavy atom. The minimum absolute atomic E-state index is 0. The third-order valence-electron chi connectivity index (χ3n) is 4.95. The third kappa shape index (κ3) is 2.86. The van der Waals surface area contributed by atoms with E-state index in [9.17, 15) is 9.18 Å². The van der Waals surface area contributed by atoms with E-state index in [1.807, 2.05) is 18.0 Å². The molecule has 2 aliphatic rings. The molecule has 1 spiro atoms. The van der Waals surface area contributed by atoms with E-state index in [-0.39, 0.29) is 29.5 Å². The molecule has 0 atom stereocenters. The molecule has 1 saturated carbocycles. The zero-order valence-electron chi connectivity index (χ0n) is 13.0. The summed E-state index contributed by atoms with van der Waals surface area (Å²) < 4.78 is 14.4. The SMILES string of the molecule is CNCCCC(=O)N1CC2(CCCC2)c2c(F)cccc21.Cl. The maximum Gasteiger partial charge on any atom is 0.227 e. The number of hydrogen-bond donors (Lipinski definition) is 1. The van der Waals surface area contributed by atoms with Crippen molar-refractivity contribution in [2.45, 2.75) is 43.9 Å². The predicted molar refractivity (Wildman–Crippen MR) is 89.3 cm³/mol. The molecule has 0 unspecified atom stereocenters. The summed E-state index contributed by atoms with van der Waals surface area (Å²) in [6, 6.07) is 5.16. The lowest BCUT2D eigenvalue weighted by molar-refractivity contribution is -0.118. The van der Waals surface area contributed by atoms with Crippen LogP contribution in [-0.2, 0) is 10.2 Å². The smallest absolute Gasteiger partial charge is 0.227 e. The number of fused-ring (bicyclic) bond motifs is 2. The van der Waals surface area contributed by atoms with Crippen LogP contribution in [0.25, 0.3) is 0 Å². The summed E-state index contributed by atoms with van der Waals surface area (Å²) >= 11 is 0. The number of benzene rings is 1. The Morgan fingerprint density at radius 2 is 2.09 bits per heavy atom. The van der Waals surface area contributed by atoms with Gasteiger partial charge < -0.3 is 10.2 Å².